The predicted molar refractivity (Wildman–Crippen MR) is 72.6 cm³/mol. The van der Waals surface area contributed by atoms with Crippen LogP contribution in [0.3, 0.4) is 0 Å². The normalized spacial score (nSPS) is 16.3. The first kappa shape index (κ1) is 13.4. The number of ether oxygens (including phenoxy) is 2. The molecular weight excluding hydrogens is 294 g/mol. The minimum Gasteiger partial charge on any atom is -0.492 e. The molecule has 0 amide bonds. The molecule has 0 spiro atoms. The van der Waals surface area contributed by atoms with Crippen molar-refractivity contribution in [2.24, 2.45) is 5.92 Å². The lowest BCUT2D eigenvalue weighted by molar-refractivity contribution is 0.0496. The maximum Gasteiger partial charge on any atom is 0.140 e. The van der Waals surface area contributed by atoms with Crippen molar-refractivity contribution in [3.8, 4) is 11.8 Å². The van der Waals surface area contributed by atoms with E-state index < -0.39 is 0 Å². The molecule has 0 aromatic heterocycles. The van der Waals surface area contributed by atoms with Crippen molar-refractivity contribution in [1.29, 1.82) is 5.26 Å². The number of halogens is 1. The Bertz CT molecular complexity index is 462. The summed E-state index contributed by atoms with van der Waals surface area (Å²) in [7, 11) is 0. The molecule has 1 aliphatic heterocycles. The maximum absolute atomic E-state index is 9.13. The van der Waals surface area contributed by atoms with Gasteiger partial charge in [0, 0.05) is 17.7 Å². The van der Waals surface area contributed by atoms with E-state index in [-0.39, 0.29) is 0 Å². The number of hydrogen-bond donors (Lipinski definition) is 0. The second-order valence-corrected chi connectivity index (χ2v) is 5.49. The van der Waals surface area contributed by atoms with Crippen LogP contribution in [0.4, 0.5) is 0 Å². The van der Waals surface area contributed by atoms with Gasteiger partial charge in [-0.2, -0.15) is 5.26 Å². The quantitative estimate of drug-likeness (QED) is 0.859. The molecule has 1 saturated heterocycles. The van der Waals surface area contributed by atoms with Gasteiger partial charge in [0.25, 0.3) is 0 Å². The van der Waals surface area contributed by atoms with Crippen molar-refractivity contribution in [2.75, 3.05) is 19.8 Å². The molecule has 1 aliphatic rings. The third kappa shape index (κ3) is 3.24. The Hall–Kier alpha value is -1.05. The summed E-state index contributed by atoms with van der Waals surface area (Å²) in [6.45, 7) is 4.27. The molecule has 0 N–H and O–H groups in total. The number of hydrogen-bond acceptors (Lipinski definition) is 3. The molecule has 0 radical (unpaired) electrons. The molecular formula is C14H16BrNO2. The third-order valence-corrected chi connectivity index (χ3v) is 3.62. The zero-order valence-electron chi connectivity index (χ0n) is 10.4. The summed E-state index contributed by atoms with van der Waals surface area (Å²) in [6.07, 6.45) is 2.08. The molecule has 3 nitrogen and oxygen atoms in total. The van der Waals surface area contributed by atoms with E-state index in [1.165, 1.54) is 0 Å². The third-order valence-electron chi connectivity index (χ3n) is 3.16. The first-order valence-corrected chi connectivity index (χ1v) is 6.91. The molecule has 4 heteroatoms. The Kier molecular flexibility index (Phi) is 4.62. The number of benzene rings is 1. The zero-order valence-corrected chi connectivity index (χ0v) is 12.0. The van der Waals surface area contributed by atoms with Gasteiger partial charge >= 0.3 is 0 Å². The molecule has 1 aromatic carbocycles. The van der Waals surface area contributed by atoms with Gasteiger partial charge in [-0.15, -0.1) is 0 Å². The Morgan fingerprint density at radius 2 is 2.17 bits per heavy atom. The first-order valence-electron chi connectivity index (χ1n) is 6.11. The first-order chi connectivity index (χ1) is 8.70. The number of nitriles is 1. The van der Waals surface area contributed by atoms with Crippen LogP contribution in [0.25, 0.3) is 0 Å². The predicted octanol–water partition coefficient (Wildman–Crippen LogP) is 3.43. The highest BCUT2D eigenvalue weighted by Gasteiger charge is 2.16. The van der Waals surface area contributed by atoms with Gasteiger partial charge < -0.3 is 9.47 Å². The molecule has 0 unspecified atom stereocenters. The average molecular weight is 310 g/mol. The van der Waals surface area contributed by atoms with E-state index in [0.717, 1.165) is 36.1 Å². The maximum atomic E-state index is 9.13. The van der Waals surface area contributed by atoms with Crippen LogP contribution in [0.2, 0.25) is 0 Å². The van der Waals surface area contributed by atoms with E-state index in [1.54, 1.807) is 6.07 Å². The van der Waals surface area contributed by atoms with Crippen molar-refractivity contribution >= 4 is 15.9 Å². The molecule has 1 aromatic rings. The Morgan fingerprint density at radius 3 is 2.83 bits per heavy atom. The summed E-state index contributed by atoms with van der Waals surface area (Å²) >= 11 is 3.39. The number of nitrogens with zero attached hydrogens (tertiary/aromatic N) is 1. The van der Waals surface area contributed by atoms with Crippen LogP contribution >= 0.6 is 15.9 Å². The molecule has 18 heavy (non-hydrogen) atoms. The van der Waals surface area contributed by atoms with Crippen molar-refractivity contribution in [3.63, 3.8) is 0 Å². The van der Waals surface area contributed by atoms with E-state index in [2.05, 4.69) is 22.0 Å². The zero-order chi connectivity index (χ0) is 13.0. The minimum atomic E-state index is 0.535. The summed E-state index contributed by atoms with van der Waals surface area (Å²) in [5, 5.41) is 9.13. The van der Waals surface area contributed by atoms with Crippen molar-refractivity contribution in [3.05, 3.63) is 27.7 Å². The second kappa shape index (κ2) is 6.21. The largest absolute Gasteiger partial charge is 0.492 e. The highest BCUT2D eigenvalue weighted by atomic mass is 79.9. The molecule has 96 valence electrons. The van der Waals surface area contributed by atoms with Gasteiger partial charge in [0.05, 0.1) is 12.2 Å². The molecule has 1 fully saturated rings. The van der Waals surface area contributed by atoms with E-state index in [9.17, 15) is 0 Å². The van der Waals surface area contributed by atoms with E-state index in [0.29, 0.717) is 23.8 Å². The summed E-state index contributed by atoms with van der Waals surface area (Å²) in [5.74, 6) is 1.25. The molecule has 0 saturated carbocycles. The van der Waals surface area contributed by atoms with Gasteiger partial charge in [-0.1, -0.05) is 15.9 Å². The van der Waals surface area contributed by atoms with E-state index in [1.807, 2.05) is 13.0 Å². The molecule has 0 atom stereocenters. The average Bonchev–Trinajstić information content (AvgIpc) is 2.38. The van der Waals surface area contributed by atoms with Crippen LogP contribution in [0.15, 0.2) is 16.6 Å². The Labute approximate surface area is 116 Å². The Morgan fingerprint density at radius 1 is 1.44 bits per heavy atom. The fourth-order valence-electron chi connectivity index (χ4n) is 2.12. The van der Waals surface area contributed by atoms with Gasteiger partial charge in [0.15, 0.2) is 0 Å². The SMILES string of the molecule is Cc1cc(Br)cc(C#N)c1OCC1CCOCC1. The molecule has 0 bridgehead atoms. The van der Waals surface area contributed by atoms with Gasteiger partial charge in [-0.3, -0.25) is 0 Å². The fraction of sp³-hybridized carbons (Fsp3) is 0.500. The van der Waals surface area contributed by atoms with Crippen molar-refractivity contribution < 1.29 is 9.47 Å². The number of rotatable bonds is 3. The van der Waals surface area contributed by atoms with Crippen LogP contribution in [0.5, 0.6) is 5.75 Å². The van der Waals surface area contributed by atoms with E-state index in [4.69, 9.17) is 14.7 Å². The van der Waals surface area contributed by atoms with Crippen LogP contribution in [-0.4, -0.2) is 19.8 Å². The number of aryl methyl sites for hydroxylation is 1. The lowest BCUT2D eigenvalue weighted by Crippen LogP contribution is -2.21. The molecule has 1 heterocycles. The smallest absolute Gasteiger partial charge is 0.140 e. The highest BCUT2D eigenvalue weighted by Crippen LogP contribution is 2.28. The topological polar surface area (TPSA) is 42.2 Å². The van der Waals surface area contributed by atoms with Crippen LogP contribution in [0, 0.1) is 24.2 Å². The summed E-state index contributed by atoms with van der Waals surface area (Å²) in [6, 6.07) is 5.96. The highest BCUT2D eigenvalue weighted by molar-refractivity contribution is 9.10. The second-order valence-electron chi connectivity index (χ2n) is 4.58. The summed E-state index contributed by atoms with van der Waals surface area (Å²) in [5.41, 5.74) is 1.59. The Balaban J connectivity index is 2.06. The van der Waals surface area contributed by atoms with Crippen LogP contribution in [0.1, 0.15) is 24.0 Å². The summed E-state index contributed by atoms with van der Waals surface area (Å²) in [4.78, 5) is 0. The molecule has 2 rings (SSSR count). The lowest BCUT2D eigenvalue weighted by atomic mass is 10.0. The standard InChI is InChI=1S/C14H16BrNO2/c1-10-6-13(15)7-12(8-16)14(10)18-9-11-2-4-17-5-3-11/h6-7,11H,2-5,9H2,1H3. The lowest BCUT2D eigenvalue weighted by Gasteiger charge is -2.22. The van der Waals surface area contributed by atoms with Gasteiger partial charge in [0.1, 0.15) is 11.8 Å². The molecule has 0 aliphatic carbocycles. The summed E-state index contributed by atoms with van der Waals surface area (Å²) < 4.78 is 12.1. The van der Waals surface area contributed by atoms with E-state index >= 15 is 0 Å². The fourth-order valence-corrected chi connectivity index (χ4v) is 2.69. The minimum absolute atomic E-state index is 0.535. The van der Waals surface area contributed by atoms with Gasteiger partial charge in [-0.25, -0.2) is 0 Å². The van der Waals surface area contributed by atoms with Gasteiger partial charge in [-0.05, 0) is 43.4 Å². The van der Waals surface area contributed by atoms with Crippen molar-refractivity contribution in [1.82, 2.24) is 0 Å². The monoisotopic (exact) mass is 309 g/mol. The van der Waals surface area contributed by atoms with Crippen LogP contribution in [-0.2, 0) is 4.74 Å². The van der Waals surface area contributed by atoms with Gasteiger partial charge in [0.2, 0.25) is 0 Å². The van der Waals surface area contributed by atoms with Crippen molar-refractivity contribution in [2.45, 2.75) is 19.8 Å². The van der Waals surface area contributed by atoms with Crippen LogP contribution < -0.4 is 4.74 Å².